The molecule has 0 unspecified atom stereocenters. The van der Waals surface area contributed by atoms with E-state index in [9.17, 15) is 0 Å². The van der Waals surface area contributed by atoms with Crippen LogP contribution in [-0.4, -0.2) is 6.01 Å². The molecule has 1 aliphatic carbocycles. The third kappa shape index (κ3) is 3.54. The van der Waals surface area contributed by atoms with Gasteiger partial charge in [0.25, 0.3) is 0 Å². The van der Waals surface area contributed by atoms with Crippen molar-refractivity contribution in [2.24, 2.45) is 9.98 Å². The maximum absolute atomic E-state index is 4.24. The van der Waals surface area contributed by atoms with E-state index < -0.39 is 0 Å². The number of hydrogen-bond acceptors (Lipinski definition) is 2. The Balaban J connectivity index is 2.08. The van der Waals surface area contributed by atoms with Gasteiger partial charge >= 0.3 is 0 Å². The Morgan fingerprint density at radius 2 is 1.71 bits per heavy atom. The lowest BCUT2D eigenvalue weighted by molar-refractivity contribution is 0.895. The Morgan fingerprint density at radius 3 is 2.35 bits per heavy atom. The van der Waals surface area contributed by atoms with E-state index in [1.54, 1.807) is 0 Å². The zero-order valence-corrected chi connectivity index (χ0v) is 10.3. The van der Waals surface area contributed by atoms with Crippen LogP contribution in [0.5, 0.6) is 0 Å². The summed E-state index contributed by atoms with van der Waals surface area (Å²) in [4.78, 5) is 8.42. The molecule has 1 aromatic carbocycles. The molecule has 2 nitrogen and oxygen atoms in total. The maximum Gasteiger partial charge on any atom is 0.100 e. The van der Waals surface area contributed by atoms with E-state index in [0.29, 0.717) is 0 Å². The Morgan fingerprint density at radius 1 is 0.941 bits per heavy atom. The van der Waals surface area contributed by atoms with Crippen LogP contribution in [0.25, 0.3) is 0 Å². The van der Waals surface area contributed by atoms with E-state index in [2.05, 4.69) is 35.9 Å². The predicted octanol–water partition coefficient (Wildman–Crippen LogP) is 4.42. The number of hydrogen-bond donors (Lipinski definition) is 0. The average molecular weight is 224 g/mol. The van der Waals surface area contributed by atoms with Crippen molar-refractivity contribution in [1.82, 2.24) is 0 Å². The second-order valence-corrected chi connectivity index (χ2v) is 4.33. The quantitative estimate of drug-likeness (QED) is 0.664. The molecular formula is C15H16N2. The highest BCUT2D eigenvalue weighted by molar-refractivity contribution is 5.54. The monoisotopic (exact) mass is 224 g/mol. The van der Waals surface area contributed by atoms with Gasteiger partial charge in [0.1, 0.15) is 6.01 Å². The van der Waals surface area contributed by atoms with Gasteiger partial charge < -0.3 is 0 Å². The number of aryl methyl sites for hydroxylation is 1. The molecule has 0 saturated carbocycles. The number of allylic oxidation sites excluding steroid dienone is 4. The molecule has 2 heteroatoms. The summed E-state index contributed by atoms with van der Waals surface area (Å²) in [6, 6.07) is 10.8. The standard InChI is InChI=1S/C15H16N2/c1-12-3-7-14(8-4-12)16-11-17-15-9-5-13(2)6-10-15/h3-5,7-9H,6,10H2,1-2H3. The van der Waals surface area contributed by atoms with Crippen LogP contribution in [0.15, 0.2) is 57.7 Å². The summed E-state index contributed by atoms with van der Waals surface area (Å²) in [5.41, 5.74) is 4.57. The molecule has 86 valence electrons. The van der Waals surface area contributed by atoms with Gasteiger partial charge in [-0.15, -0.1) is 0 Å². The minimum Gasteiger partial charge on any atom is -0.192 e. The first kappa shape index (κ1) is 11.6. The van der Waals surface area contributed by atoms with Crippen LogP contribution in [0.2, 0.25) is 0 Å². The Kier molecular flexibility index (Phi) is 3.69. The van der Waals surface area contributed by atoms with Crippen molar-refractivity contribution in [2.75, 3.05) is 0 Å². The number of aliphatic imine (C=N–C) groups is 2. The van der Waals surface area contributed by atoms with E-state index in [1.807, 2.05) is 30.3 Å². The highest BCUT2D eigenvalue weighted by Crippen LogP contribution is 2.18. The molecular weight excluding hydrogens is 208 g/mol. The van der Waals surface area contributed by atoms with Gasteiger partial charge in [0.15, 0.2) is 0 Å². The summed E-state index contributed by atoms with van der Waals surface area (Å²) in [6.45, 7) is 4.19. The van der Waals surface area contributed by atoms with Crippen molar-refractivity contribution in [2.45, 2.75) is 26.7 Å². The molecule has 0 fully saturated rings. The van der Waals surface area contributed by atoms with E-state index in [1.165, 1.54) is 11.1 Å². The SMILES string of the molecule is CC1=CC=C(N=C=Nc2ccc(C)cc2)CC1. The van der Waals surface area contributed by atoms with Gasteiger partial charge in [0.05, 0.1) is 11.4 Å². The molecule has 0 radical (unpaired) electrons. The lowest BCUT2D eigenvalue weighted by atomic mass is 10.0. The summed E-state index contributed by atoms with van der Waals surface area (Å²) >= 11 is 0. The largest absolute Gasteiger partial charge is 0.192 e. The number of benzene rings is 1. The molecule has 0 atom stereocenters. The molecule has 0 saturated heterocycles. The molecule has 17 heavy (non-hydrogen) atoms. The van der Waals surface area contributed by atoms with Crippen LogP contribution in [0, 0.1) is 6.92 Å². The number of nitrogens with zero attached hydrogens (tertiary/aromatic N) is 2. The lowest BCUT2D eigenvalue weighted by Gasteiger charge is -2.05. The van der Waals surface area contributed by atoms with Gasteiger partial charge in [-0.1, -0.05) is 29.3 Å². The van der Waals surface area contributed by atoms with E-state index in [-0.39, 0.29) is 0 Å². The van der Waals surface area contributed by atoms with Crippen LogP contribution in [-0.2, 0) is 0 Å². The molecule has 1 aromatic rings. The van der Waals surface area contributed by atoms with Crippen molar-refractivity contribution in [3.8, 4) is 0 Å². The van der Waals surface area contributed by atoms with Crippen LogP contribution < -0.4 is 0 Å². The molecule has 0 aliphatic heterocycles. The first-order valence-corrected chi connectivity index (χ1v) is 5.83. The molecule has 2 rings (SSSR count). The minimum absolute atomic E-state index is 0.891. The Labute approximate surface area is 102 Å². The second kappa shape index (κ2) is 5.42. The zero-order valence-electron chi connectivity index (χ0n) is 10.3. The first-order chi connectivity index (χ1) is 8.24. The van der Waals surface area contributed by atoms with E-state index >= 15 is 0 Å². The molecule has 0 heterocycles. The van der Waals surface area contributed by atoms with Gasteiger partial charge in [-0.05, 0) is 44.9 Å². The van der Waals surface area contributed by atoms with Crippen molar-refractivity contribution in [3.63, 3.8) is 0 Å². The average Bonchev–Trinajstić information content (AvgIpc) is 2.34. The third-order valence-electron chi connectivity index (χ3n) is 2.74. The smallest absolute Gasteiger partial charge is 0.100 e. The molecule has 0 bridgehead atoms. The summed E-state index contributed by atoms with van der Waals surface area (Å²) < 4.78 is 0. The van der Waals surface area contributed by atoms with Crippen molar-refractivity contribution in [1.29, 1.82) is 0 Å². The zero-order chi connectivity index (χ0) is 12.1. The summed E-state index contributed by atoms with van der Waals surface area (Å²) in [5, 5.41) is 0. The highest BCUT2D eigenvalue weighted by atomic mass is 14.8. The minimum atomic E-state index is 0.891. The second-order valence-electron chi connectivity index (χ2n) is 4.33. The lowest BCUT2D eigenvalue weighted by Crippen LogP contribution is -1.87. The topological polar surface area (TPSA) is 24.7 Å². The van der Waals surface area contributed by atoms with Crippen molar-refractivity contribution >= 4 is 11.7 Å². The van der Waals surface area contributed by atoms with Gasteiger partial charge in [-0.3, -0.25) is 0 Å². The van der Waals surface area contributed by atoms with Crippen LogP contribution in [0.3, 0.4) is 0 Å². The van der Waals surface area contributed by atoms with Gasteiger partial charge in [0, 0.05) is 0 Å². The molecule has 0 amide bonds. The van der Waals surface area contributed by atoms with Crippen LogP contribution >= 0.6 is 0 Å². The van der Waals surface area contributed by atoms with Gasteiger partial charge in [-0.25, -0.2) is 0 Å². The van der Waals surface area contributed by atoms with E-state index in [0.717, 1.165) is 24.2 Å². The fourth-order valence-electron chi connectivity index (χ4n) is 1.59. The fraction of sp³-hybridized carbons (Fsp3) is 0.267. The normalized spacial score (nSPS) is 14.5. The summed E-state index contributed by atoms with van der Waals surface area (Å²) in [7, 11) is 0. The maximum atomic E-state index is 4.24. The van der Waals surface area contributed by atoms with Crippen molar-refractivity contribution in [3.05, 3.63) is 53.3 Å². The van der Waals surface area contributed by atoms with Crippen LogP contribution in [0.4, 0.5) is 5.69 Å². The highest BCUT2D eigenvalue weighted by Gasteiger charge is 2.00. The van der Waals surface area contributed by atoms with Crippen molar-refractivity contribution < 1.29 is 0 Å². The third-order valence-corrected chi connectivity index (χ3v) is 2.74. The summed E-state index contributed by atoms with van der Waals surface area (Å²) in [6.07, 6.45) is 6.21. The summed E-state index contributed by atoms with van der Waals surface area (Å²) in [5.74, 6) is 0. The first-order valence-electron chi connectivity index (χ1n) is 5.83. The molecule has 0 N–H and O–H groups in total. The Hall–Kier alpha value is -1.92. The van der Waals surface area contributed by atoms with Crippen LogP contribution in [0.1, 0.15) is 25.3 Å². The molecule has 0 spiro atoms. The molecule has 0 aromatic heterocycles. The predicted molar refractivity (Wildman–Crippen MR) is 71.8 cm³/mol. The number of rotatable bonds is 2. The van der Waals surface area contributed by atoms with E-state index in [4.69, 9.17) is 0 Å². The molecule has 1 aliphatic rings. The Bertz CT molecular complexity index is 512. The fourth-order valence-corrected chi connectivity index (χ4v) is 1.59. The van der Waals surface area contributed by atoms with Gasteiger partial charge in [-0.2, -0.15) is 9.98 Å². The van der Waals surface area contributed by atoms with Gasteiger partial charge in [0.2, 0.25) is 0 Å².